The fourth-order valence-electron chi connectivity index (χ4n) is 0.149. The number of halogens is 4. The molecule has 0 aliphatic carbocycles. The second kappa shape index (κ2) is 2.13. The molecule has 0 atom stereocenters. The topological polar surface area (TPSA) is 26.0 Å². The van der Waals surface area contributed by atoms with Crippen LogP contribution in [0.4, 0.5) is 17.6 Å². The number of hydrogen-bond donors (Lipinski definition) is 1. The van der Waals surface area contributed by atoms with Crippen LogP contribution in [0.25, 0.3) is 0 Å². The minimum atomic E-state index is -4.26. The molecule has 0 bridgehead atoms. The van der Waals surface area contributed by atoms with Crippen molar-refractivity contribution in [3.05, 3.63) is 6.92 Å². The molecule has 0 saturated carbocycles. The Labute approximate surface area is 49.8 Å². The molecule has 0 aromatic carbocycles. The third-order valence-electron chi connectivity index (χ3n) is 0.791. The van der Waals surface area contributed by atoms with Crippen LogP contribution in [-0.2, 0) is 0 Å². The largest absolute Gasteiger partial charge is 0.325 e. The lowest BCUT2D eigenvalue weighted by atomic mass is 10.2. The van der Waals surface area contributed by atoms with Crippen LogP contribution in [0.3, 0.4) is 0 Å². The monoisotopic (exact) mass is 144 g/mol. The number of hydrogen-bond acceptors (Lipinski definition) is 1. The third-order valence-corrected chi connectivity index (χ3v) is 0.791. The first-order valence-corrected chi connectivity index (χ1v) is 2.12. The van der Waals surface area contributed by atoms with Gasteiger partial charge < -0.3 is 5.73 Å². The molecule has 0 heterocycles. The zero-order valence-corrected chi connectivity index (χ0v) is 4.50. The van der Waals surface area contributed by atoms with Crippen LogP contribution >= 0.6 is 0 Å². The normalized spacial score (nSPS) is 14.0. The van der Waals surface area contributed by atoms with Gasteiger partial charge in [-0.2, -0.15) is 17.6 Å². The summed E-state index contributed by atoms with van der Waals surface area (Å²) >= 11 is 0. The van der Waals surface area contributed by atoms with Gasteiger partial charge in [0.1, 0.15) is 0 Å². The van der Waals surface area contributed by atoms with E-state index >= 15 is 0 Å². The number of alkyl halides is 4. The molecule has 0 rings (SSSR count). The molecule has 0 aliphatic heterocycles. The molecule has 0 aromatic heterocycles. The number of nitrogens with two attached hydrogens (primary N) is 1. The Kier molecular flexibility index (Phi) is 2.06. The Balaban J connectivity index is 4.14. The molecule has 0 spiro atoms. The summed E-state index contributed by atoms with van der Waals surface area (Å²) in [6.07, 6.45) is 0. The van der Waals surface area contributed by atoms with E-state index in [-0.39, 0.29) is 0 Å². The highest BCUT2D eigenvalue weighted by Gasteiger charge is 2.50. The van der Waals surface area contributed by atoms with Crippen molar-refractivity contribution < 1.29 is 17.6 Å². The van der Waals surface area contributed by atoms with Gasteiger partial charge in [0.25, 0.3) is 0 Å². The Morgan fingerprint density at radius 2 is 1.56 bits per heavy atom. The first-order chi connectivity index (χ1) is 3.81. The molecule has 2 N–H and O–H groups in total. The van der Waals surface area contributed by atoms with E-state index in [4.69, 9.17) is 0 Å². The van der Waals surface area contributed by atoms with Crippen LogP contribution in [0.1, 0.15) is 0 Å². The van der Waals surface area contributed by atoms with Gasteiger partial charge in [0, 0.05) is 6.92 Å². The van der Waals surface area contributed by atoms with Crippen molar-refractivity contribution in [2.24, 2.45) is 5.73 Å². The Bertz CT molecular complexity index is 95.2. The highest BCUT2D eigenvalue weighted by Crippen LogP contribution is 2.31. The van der Waals surface area contributed by atoms with E-state index in [2.05, 4.69) is 5.73 Å². The predicted molar refractivity (Wildman–Crippen MR) is 24.3 cm³/mol. The Morgan fingerprint density at radius 3 is 1.56 bits per heavy atom. The molecular weight excluding hydrogens is 138 g/mol. The van der Waals surface area contributed by atoms with Crippen LogP contribution in [0, 0.1) is 6.92 Å². The summed E-state index contributed by atoms with van der Waals surface area (Å²) in [5.41, 5.74) is 4.32. The van der Waals surface area contributed by atoms with Crippen molar-refractivity contribution in [2.45, 2.75) is 11.8 Å². The van der Waals surface area contributed by atoms with Crippen LogP contribution in [-0.4, -0.2) is 18.4 Å². The van der Waals surface area contributed by atoms with Gasteiger partial charge >= 0.3 is 11.8 Å². The van der Waals surface area contributed by atoms with Crippen LogP contribution in [0.2, 0.25) is 0 Å². The second-order valence-corrected chi connectivity index (χ2v) is 1.61. The van der Waals surface area contributed by atoms with Crippen LogP contribution < -0.4 is 5.73 Å². The molecule has 0 amide bonds. The maximum atomic E-state index is 11.7. The molecule has 0 fully saturated rings. The van der Waals surface area contributed by atoms with E-state index < -0.39 is 18.4 Å². The van der Waals surface area contributed by atoms with Crippen molar-refractivity contribution in [1.29, 1.82) is 0 Å². The Hall–Kier alpha value is -0.320. The fraction of sp³-hybridized carbons (Fsp3) is 0.750. The van der Waals surface area contributed by atoms with Crippen LogP contribution in [0.15, 0.2) is 0 Å². The molecule has 0 saturated heterocycles. The van der Waals surface area contributed by atoms with Gasteiger partial charge in [0.05, 0.1) is 6.54 Å². The maximum absolute atomic E-state index is 11.7. The van der Waals surface area contributed by atoms with Crippen molar-refractivity contribution in [1.82, 2.24) is 0 Å². The summed E-state index contributed by atoms with van der Waals surface area (Å²) in [4.78, 5) is 0. The lowest BCUT2D eigenvalue weighted by molar-refractivity contribution is -0.174. The van der Waals surface area contributed by atoms with E-state index in [9.17, 15) is 17.6 Å². The zero-order chi connectivity index (χ0) is 7.71. The maximum Gasteiger partial charge on any atom is 0.322 e. The molecule has 0 aliphatic rings. The summed E-state index contributed by atoms with van der Waals surface area (Å²) in [6, 6.07) is 0. The standard InChI is InChI=1S/C4H6F4N/c1-3(5,6)4(7,8)2-9/h1-2,9H2. The van der Waals surface area contributed by atoms with Gasteiger partial charge in [-0.05, 0) is 0 Å². The van der Waals surface area contributed by atoms with E-state index in [1.54, 1.807) is 0 Å². The summed E-state index contributed by atoms with van der Waals surface area (Å²) < 4.78 is 46.6. The molecule has 0 aromatic rings. The van der Waals surface area contributed by atoms with E-state index in [0.29, 0.717) is 0 Å². The van der Waals surface area contributed by atoms with Gasteiger partial charge in [-0.25, -0.2) is 0 Å². The molecule has 1 nitrogen and oxygen atoms in total. The average molecular weight is 144 g/mol. The average Bonchev–Trinajstić information content (AvgIpc) is 1.64. The van der Waals surface area contributed by atoms with E-state index in [0.717, 1.165) is 0 Å². The molecule has 5 heteroatoms. The smallest absolute Gasteiger partial charge is 0.322 e. The van der Waals surface area contributed by atoms with Gasteiger partial charge in [0.15, 0.2) is 0 Å². The minimum Gasteiger partial charge on any atom is -0.325 e. The predicted octanol–water partition coefficient (Wildman–Crippen LogP) is 1.05. The highest BCUT2D eigenvalue weighted by atomic mass is 19.3. The molecular formula is C4H6F4N. The quantitative estimate of drug-likeness (QED) is 0.576. The summed E-state index contributed by atoms with van der Waals surface area (Å²) in [5, 5.41) is 0. The van der Waals surface area contributed by atoms with Gasteiger partial charge in [-0.15, -0.1) is 0 Å². The molecule has 1 radical (unpaired) electrons. The van der Waals surface area contributed by atoms with Crippen LogP contribution in [0.5, 0.6) is 0 Å². The van der Waals surface area contributed by atoms with E-state index in [1.807, 2.05) is 6.92 Å². The summed E-state index contributed by atoms with van der Waals surface area (Å²) in [6.45, 7) is 0.564. The van der Waals surface area contributed by atoms with E-state index in [1.165, 1.54) is 0 Å². The zero-order valence-electron chi connectivity index (χ0n) is 4.50. The van der Waals surface area contributed by atoms with Crippen molar-refractivity contribution in [3.63, 3.8) is 0 Å². The molecule has 55 valence electrons. The lowest BCUT2D eigenvalue weighted by Gasteiger charge is -2.20. The van der Waals surface area contributed by atoms with Gasteiger partial charge in [0.2, 0.25) is 0 Å². The molecule has 9 heavy (non-hydrogen) atoms. The summed E-state index contributed by atoms with van der Waals surface area (Å²) in [7, 11) is 0. The van der Waals surface area contributed by atoms with Crippen molar-refractivity contribution >= 4 is 0 Å². The first-order valence-electron chi connectivity index (χ1n) is 2.12. The minimum absolute atomic E-state index is 1.39. The summed E-state index contributed by atoms with van der Waals surface area (Å²) in [5.74, 6) is -8.45. The highest BCUT2D eigenvalue weighted by molar-refractivity contribution is 4.87. The second-order valence-electron chi connectivity index (χ2n) is 1.61. The van der Waals surface area contributed by atoms with Crippen molar-refractivity contribution in [2.75, 3.05) is 6.54 Å². The Morgan fingerprint density at radius 1 is 1.22 bits per heavy atom. The molecule has 0 unspecified atom stereocenters. The van der Waals surface area contributed by atoms with Gasteiger partial charge in [-0.3, -0.25) is 0 Å². The van der Waals surface area contributed by atoms with Gasteiger partial charge in [-0.1, -0.05) is 0 Å². The number of rotatable bonds is 2. The lowest BCUT2D eigenvalue weighted by Crippen LogP contribution is -2.44. The van der Waals surface area contributed by atoms with Crippen molar-refractivity contribution in [3.8, 4) is 0 Å². The first kappa shape index (κ1) is 8.68. The SMILES string of the molecule is [CH2]C(F)(F)C(F)(F)CN. The third kappa shape index (κ3) is 1.82. The fourth-order valence-corrected chi connectivity index (χ4v) is 0.149.